The highest BCUT2D eigenvalue weighted by molar-refractivity contribution is 6.23. The molecule has 1 aliphatic rings. The van der Waals surface area contributed by atoms with E-state index in [1.165, 1.54) is 77.2 Å². The van der Waals surface area contributed by atoms with Crippen molar-refractivity contribution in [2.45, 2.75) is 0 Å². The van der Waals surface area contributed by atoms with Crippen LogP contribution in [0.5, 0.6) is 0 Å². The van der Waals surface area contributed by atoms with Crippen molar-refractivity contribution in [3.63, 3.8) is 0 Å². The summed E-state index contributed by atoms with van der Waals surface area (Å²) in [7, 11) is 0. The topological polar surface area (TPSA) is 26.0 Å². The number of hydrogen-bond donors (Lipinski definition) is 1. The van der Waals surface area contributed by atoms with Crippen molar-refractivity contribution >= 4 is 38.0 Å². The van der Waals surface area contributed by atoms with E-state index in [9.17, 15) is 0 Å². The van der Waals surface area contributed by atoms with Gasteiger partial charge in [-0.05, 0) is 101 Å². The largest absolute Gasteiger partial charge is 0.398 e. The van der Waals surface area contributed by atoms with Gasteiger partial charge in [-0.15, -0.1) is 0 Å². The lowest BCUT2D eigenvalue weighted by atomic mass is 9.82. The molecule has 1 aliphatic carbocycles. The Morgan fingerprint density at radius 1 is 0.326 bits per heavy atom. The molecule has 0 amide bonds. The third-order valence-electron chi connectivity index (χ3n) is 9.12. The number of nitrogen functional groups attached to an aromatic ring is 1. The Hall–Kier alpha value is -5.66. The summed E-state index contributed by atoms with van der Waals surface area (Å²) in [5.41, 5.74) is 20.0. The average molecular weight is 546 g/mol. The van der Waals surface area contributed by atoms with Crippen LogP contribution in [-0.4, -0.2) is 0 Å². The van der Waals surface area contributed by atoms with E-state index in [0.717, 1.165) is 16.5 Å². The van der Waals surface area contributed by atoms with Gasteiger partial charge in [0.15, 0.2) is 0 Å². The van der Waals surface area contributed by atoms with Crippen molar-refractivity contribution in [1.29, 1.82) is 0 Å². The molecule has 1 heteroatoms. The molecule has 0 fully saturated rings. The fourth-order valence-electron chi connectivity index (χ4n) is 7.27. The number of rotatable bonds is 3. The average Bonchev–Trinajstić information content (AvgIpc) is 3.40. The molecule has 8 aromatic carbocycles. The molecule has 0 aromatic heterocycles. The third-order valence-corrected chi connectivity index (χ3v) is 9.12. The highest BCUT2D eigenvalue weighted by atomic mass is 14.5. The Labute approximate surface area is 250 Å². The van der Waals surface area contributed by atoms with Crippen molar-refractivity contribution < 1.29 is 0 Å². The van der Waals surface area contributed by atoms with E-state index in [0.29, 0.717) is 0 Å². The van der Waals surface area contributed by atoms with Gasteiger partial charge < -0.3 is 5.73 Å². The summed E-state index contributed by atoms with van der Waals surface area (Å²) in [6.45, 7) is 0. The third kappa shape index (κ3) is 3.52. The fourth-order valence-corrected chi connectivity index (χ4v) is 7.27. The van der Waals surface area contributed by atoms with Crippen molar-refractivity contribution in [3.05, 3.63) is 152 Å². The number of nitrogens with two attached hydrogens (primary N) is 1. The summed E-state index contributed by atoms with van der Waals surface area (Å²) in [4.78, 5) is 0. The van der Waals surface area contributed by atoms with Gasteiger partial charge in [-0.3, -0.25) is 0 Å². The second-order valence-electron chi connectivity index (χ2n) is 11.5. The maximum atomic E-state index is 6.60. The van der Waals surface area contributed by atoms with Crippen LogP contribution in [-0.2, 0) is 0 Å². The second kappa shape index (κ2) is 9.17. The Morgan fingerprint density at radius 2 is 0.907 bits per heavy atom. The molecule has 0 unspecified atom stereocenters. The van der Waals surface area contributed by atoms with Gasteiger partial charge in [-0.1, -0.05) is 133 Å². The maximum absolute atomic E-state index is 6.60. The van der Waals surface area contributed by atoms with Crippen LogP contribution in [0.25, 0.3) is 88.0 Å². The molecule has 2 N–H and O–H groups in total. The quantitative estimate of drug-likeness (QED) is 0.173. The summed E-state index contributed by atoms with van der Waals surface area (Å²) in [6, 6.07) is 55.1. The van der Waals surface area contributed by atoms with Crippen LogP contribution < -0.4 is 5.73 Å². The van der Waals surface area contributed by atoms with Crippen LogP contribution in [0.3, 0.4) is 0 Å². The van der Waals surface area contributed by atoms with Crippen LogP contribution in [0.4, 0.5) is 5.69 Å². The molecule has 43 heavy (non-hydrogen) atoms. The van der Waals surface area contributed by atoms with Gasteiger partial charge in [0.2, 0.25) is 0 Å². The molecule has 0 spiro atoms. The van der Waals surface area contributed by atoms with Gasteiger partial charge in [-0.25, -0.2) is 0 Å². The van der Waals surface area contributed by atoms with E-state index in [4.69, 9.17) is 5.73 Å². The van der Waals surface area contributed by atoms with E-state index in [1.807, 2.05) is 12.1 Å². The lowest BCUT2D eigenvalue weighted by Gasteiger charge is -2.21. The van der Waals surface area contributed by atoms with Gasteiger partial charge in [-0.2, -0.15) is 0 Å². The second-order valence-corrected chi connectivity index (χ2v) is 11.5. The summed E-state index contributed by atoms with van der Waals surface area (Å²) in [6.07, 6.45) is 0. The lowest BCUT2D eigenvalue weighted by Crippen LogP contribution is -1.95. The molecule has 1 nitrogen and oxygen atoms in total. The minimum atomic E-state index is 0.810. The van der Waals surface area contributed by atoms with Crippen molar-refractivity contribution in [2.75, 3.05) is 5.73 Å². The van der Waals surface area contributed by atoms with Gasteiger partial charge in [0.25, 0.3) is 0 Å². The molecule has 8 aromatic rings. The van der Waals surface area contributed by atoms with Crippen LogP contribution in [0.15, 0.2) is 152 Å². The van der Waals surface area contributed by atoms with E-state index in [-0.39, 0.29) is 0 Å². The van der Waals surface area contributed by atoms with E-state index >= 15 is 0 Å². The van der Waals surface area contributed by atoms with E-state index in [2.05, 4.69) is 140 Å². The number of hydrogen-bond acceptors (Lipinski definition) is 1. The number of fused-ring (bicyclic) bond motifs is 6. The highest BCUT2D eigenvalue weighted by Gasteiger charge is 2.30. The zero-order chi connectivity index (χ0) is 28.5. The SMILES string of the molecule is Nc1cccc2ccc3ccc(-c4cc(-c5ccccc5)c5c(c4-c4ccccc4)-c4cccc6cccc-5c46)cc3c12. The van der Waals surface area contributed by atoms with Gasteiger partial charge in [0.05, 0.1) is 0 Å². The molecule has 0 radical (unpaired) electrons. The van der Waals surface area contributed by atoms with Crippen LogP contribution >= 0.6 is 0 Å². The highest BCUT2D eigenvalue weighted by Crippen LogP contribution is 2.57. The minimum Gasteiger partial charge on any atom is -0.398 e. The number of anilines is 1. The van der Waals surface area contributed by atoms with Gasteiger partial charge >= 0.3 is 0 Å². The molecule has 0 bridgehead atoms. The van der Waals surface area contributed by atoms with Crippen molar-refractivity contribution in [3.8, 4) is 55.6 Å². The summed E-state index contributed by atoms with van der Waals surface area (Å²) in [5.74, 6) is 0. The maximum Gasteiger partial charge on any atom is 0.0400 e. The molecule has 0 aliphatic heterocycles. The Balaban J connectivity index is 1.46. The van der Waals surface area contributed by atoms with Crippen LogP contribution in [0, 0.1) is 0 Å². The van der Waals surface area contributed by atoms with Crippen LogP contribution in [0.1, 0.15) is 0 Å². The molecular formula is C42H27N. The monoisotopic (exact) mass is 545 g/mol. The molecular weight excluding hydrogens is 518 g/mol. The number of benzene rings is 8. The summed E-state index contributed by atoms with van der Waals surface area (Å²) < 4.78 is 0. The normalized spacial score (nSPS) is 11.8. The molecule has 0 heterocycles. The molecule has 0 saturated carbocycles. The first kappa shape index (κ1) is 24.0. The summed E-state index contributed by atoms with van der Waals surface area (Å²) in [5, 5.41) is 7.26. The zero-order valence-corrected chi connectivity index (χ0v) is 23.5. The Kier molecular flexibility index (Phi) is 5.12. The minimum absolute atomic E-state index is 0.810. The smallest absolute Gasteiger partial charge is 0.0400 e. The lowest BCUT2D eigenvalue weighted by molar-refractivity contribution is 1.57. The fraction of sp³-hybridized carbons (Fsp3) is 0. The Morgan fingerprint density at radius 3 is 1.65 bits per heavy atom. The van der Waals surface area contributed by atoms with Crippen molar-refractivity contribution in [1.82, 2.24) is 0 Å². The predicted molar refractivity (Wildman–Crippen MR) is 184 cm³/mol. The zero-order valence-electron chi connectivity index (χ0n) is 23.5. The molecule has 9 rings (SSSR count). The predicted octanol–water partition coefficient (Wildman–Crippen LogP) is 11.4. The van der Waals surface area contributed by atoms with Gasteiger partial charge in [0.1, 0.15) is 0 Å². The molecule has 200 valence electrons. The van der Waals surface area contributed by atoms with Gasteiger partial charge in [0, 0.05) is 11.1 Å². The first-order valence-electron chi connectivity index (χ1n) is 14.8. The van der Waals surface area contributed by atoms with Crippen molar-refractivity contribution in [2.24, 2.45) is 0 Å². The molecule has 0 saturated heterocycles. The molecule has 0 atom stereocenters. The standard InChI is InChI=1S/C42H27N/c43-37-19-9-16-30-22-20-27-21-23-31(24-34(27)39(30)37)36-25-35(26-10-3-1-4-11-26)41-32-17-7-14-28-15-8-18-33(38(28)32)42(41)40(36)29-12-5-2-6-13-29/h1-25H,43H2. The Bertz CT molecular complexity index is 2380. The van der Waals surface area contributed by atoms with E-state index in [1.54, 1.807) is 0 Å². The van der Waals surface area contributed by atoms with E-state index < -0.39 is 0 Å². The first-order valence-corrected chi connectivity index (χ1v) is 14.8. The van der Waals surface area contributed by atoms with Crippen LogP contribution in [0.2, 0.25) is 0 Å². The summed E-state index contributed by atoms with van der Waals surface area (Å²) >= 11 is 0. The first-order chi connectivity index (χ1) is 21.3.